The van der Waals surface area contributed by atoms with Gasteiger partial charge >= 0.3 is 0 Å². The summed E-state index contributed by atoms with van der Waals surface area (Å²) in [7, 11) is 0. The van der Waals surface area contributed by atoms with Crippen molar-refractivity contribution < 1.29 is 14.4 Å². The van der Waals surface area contributed by atoms with E-state index in [0.717, 1.165) is 0 Å². The Hall–Kier alpha value is -1.55. The summed E-state index contributed by atoms with van der Waals surface area (Å²) >= 11 is 0. The maximum Gasteiger partial charge on any atom is 0.281 e. The fraction of sp³-hybridized carbons (Fsp3) is 0.500. The molecule has 18 heavy (non-hydrogen) atoms. The first kappa shape index (κ1) is 14.5. The first-order chi connectivity index (χ1) is 8.54. The Morgan fingerprint density at radius 2 is 2.11 bits per heavy atom. The molecule has 4 heteroatoms. The predicted octanol–water partition coefficient (Wildman–Crippen LogP) is 2.56. The van der Waals surface area contributed by atoms with Crippen LogP contribution in [-0.2, 0) is 9.63 Å². The van der Waals surface area contributed by atoms with Crippen molar-refractivity contribution in [3.63, 3.8) is 0 Å². The molecule has 100 valence electrons. The van der Waals surface area contributed by atoms with E-state index < -0.39 is 0 Å². The minimum Gasteiger partial charge on any atom is -0.484 e. The van der Waals surface area contributed by atoms with Gasteiger partial charge in [0, 0.05) is 0 Å². The van der Waals surface area contributed by atoms with Crippen LogP contribution in [0.4, 0.5) is 0 Å². The Balaban J connectivity index is 2.53. The number of carbonyl (C=O) groups excluding carboxylic acids is 1. The predicted molar refractivity (Wildman–Crippen MR) is 70.5 cm³/mol. The molecule has 0 spiro atoms. The molecule has 1 aromatic carbocycles. The molecule has 0 aliphatic rings. The lowest BCUT2D eigenvalue weighted by Gasteiger charge is -2.12. The van der Waals surface area contributed by atoms with Gasteiger partial charge in [-0.05, 0) is 43.0 Å². The van der Waals surface area contributed by atoms with Gasteiger partial charge in [0.05, 0.1) is 6.61 Å². The van der Waals surface area contributed by atoms with Crippen molar-refractivity contribution in [1.29, 1.82) is 0 Å². The van der Waals surface area contributed by atoms with Crippen LogP contribution in [0.5, 0.6) is 5.75 Å². The van der Waals surface area contributed by atoms with Gasteiger partial charge in [-0.25, -0.2) is 5.48 Å². The summed E-state index contributed by atoms with van der Waals surface area (Å²) < 4.78 is 5.39. The smallest absolute Gasteiger partial charge is 0.281 e. The van der Waals surface area contributed by atoms with Crippen LogP contribution in [0.2, 0.25) is 0 Å². The van der Waals surface area contributed by atoms with Gasteiger partial charge in [0.1, 0.15) is 5.75 Å². The molecule has 1 aromatic rings. The van der Waals surface area contributed by atoms with Gasteiger partial charge in [-0.15, -0.1) is 0 Å². The van der Waals surface area contributed by atoms with E-state index >= 15 is 0 Å². The number of aryl methyl sites for hydroxylation is 1. The number of benzene rings is 1. The van der Waals surface area contributed by atoms with Crippen LogP contribution in [0.25, 0.3) is 0 Å². The van der Waals surface area contributed by atoms with Gasteiger partial charge in [-0.3, -0.25) is 9.63 Å². The van der Waals surface area contributed by atoms with Crippen LogP contribution in [0.3, 0.4) is 0 Å². The minimum atomic E-state index is -0.289. The lowest BCUT2D eigenvalue weighted by molar-refractivity contribution is -0.135. The van der Waals surface area contributed by atoms with Crippen LogP contribution in [0.1, 0.15) is 37.8 Å². The van der Waals surface area contributed by atoms with Gasteiger partial charge < -0.3 is 4.74 Å². The van der Waals surface area contributed by atoms with Crippen molar-refractivity contribution in [2.45, 2.75) is 33.6 Å². The Bertz CT molecular complexity index is 402. The van der Waals surface area contributed by atoms with Gasteiger partial charge in [0.25, 0.3) is 5.91 Å². The zero-order chi connectivity index (χ0) is 13.5. The SMILES string of the molecule is CCONC(=O)COc1ccc(C(C)C)c(C)c1. The topological polar surface area (TPSA) is 47.6 Å². The molecule has 1 rings (SSSR count). The third kappa shape index (κ3) is 4.37. The summed E-state index contributed by atoms with van der Waals surface area (Å²) in [4.78, 5) is 16.1. The van der Waals surface area contributed by atoms with Crippen LogP contribution in [0.15, 0.2) is 18.2 Å². The van der Waals surface area contributed by atoms with Crippen LogP contribution >= 0.6 is 0 Å². The van der Waals surface area contributed by atoms with E-state index in [1.807, 2.05) is 25.1 Å². The number of nitrogens with one attached hydrogen (secondary N) is 1. The normalized spacial score (nSPS) is 10.5. The van der Waals surface area contributed by atoms with Crippen molar-refractivity contribution in [2.75, 3.05) is 13.2 Å². The second-order valence-corrected chi connectivity index (χ2v) is 4.42. The maximum atomic E-state index is 11.3. The summed E-state index contributed by atoms with van der Waals surface area (Å²) in [5.41, 5.74) is 4.75. The summed E-state index contributed by atoms with van der Waals surface area (Å²) in [5.74, 6) is 0.895. The third-order valence-electron chi connectivity index (χ3n) is 2.56. The minimum absolute atomic E-state index is 0.0412. The van der Waals surface area contributed by atoms with Crippen molar-refractivity contribution in [2.24, 2.45) is 0 Å². The molecule has 1 N–H and O–H groups in total. The lowest BCUT2D eigenvalue weighted by atomic mass is 9.98. The van der Waals surface area contributed by atoms with Gasteiger partial charge in [-0.1, -0.05) is 19.9 Å². The fourth-order valence-electron chi connectivity index (χ4n) is 1.72. The number of hydrogen-bond donors (Lipinski definition) is 1. The number of hydroxylamine groups is 1. The number of hydrogen-bond acceptors (Lipinski definition) is 3. The van der Waals surface area contributed by atoms with Gasteiger partial charge in [0.2, 0.25) is 0 Å². The van der Waals surface area contributed by atoms with Gasteiger partial charge in [0.15, 0.2) is 6.61 Å². The average Bonchev–Trinajstić information content (AvgIpc) is 2.33. The van der Waals surface area contributed by atoms with E-state index in [4.69, 9.17) is 9.57 Å². The molecular formula is C14H21NO3. The molecule has 0 fully saturated rings. The standard InChI is InChI=1S/C14H21NO3/c1-5-18-15-14(16)9-17-12-6-7-13(10(2)3)11(4)8-12/h6-8,10H,5,9H2,1-4H3,(H,15,16). The Morgan fingerprint density at radius 1 is 1.39 bits per heavy atom. The summed E-state index contributed by atoms with van der Waals surface area (Å²) in [6.07, 6.45) is 0. The highest BCUT2D eigenvalue weighted by molar-refractivity contribution is 5.76. The summed E-state index contributed by atoms with van der Waals surface area (Å²) in [5, 5.41) is 0. The molecule has 0 atom stereocenters. The Labute approximate surface area is 108 Å². The highest BCUT2D eigenvalue weighted by atomic mass is 16.7. The van der Waals surface area contributed by atoms with E-state index in [-0.39, 0.29) is 12.5 Å². The molecule has 0 saturated carbocycles. The largest absolute Gasteiger partial charge is 0.484 e. The molecule has 0 aliphatic carbocycles. The van der Waals surface area contributed by atoms with E-state index in [2.05, 4.69) is 19.3 Å². The van der Waals surface area contributed by atoms with E-state index in [9.17, 15) is 4.79 Å². The molecule has 0 bridgehead atoms. The van der Waals surface area contributed by atoms with E-state index in [0.29, 0.717) is 18.3 Å². The quantitative estimate of drug-likeness (QED) is 0.790. The average molecular weight is 251 g/mol. The second-order valence-electron chi connectivity index (χ2n) is 4.42. The molecule has 0 unspecified atom stereocenters. The van der Waals surface area contributed by atoms with Crippen molar-refractivity contribution in [3.05, 3.63) is 29.3 Å². The first-order valence-electron chi connectivity index (χ1n) is 6.18. The number of rotatable bonds is 6. The molecule has 0 radical (unpaired) electrons. The van der Waals surface area contributed by atoms with E-state index in [1.165, 1.54) is 11.1 Å². The van der Waals surface area contributed by atoms with Crippen molar-refractivity contribution in [3.8, 4) is 5.75 Å². The lowest BCUT2D eigenvalue weighted by Crippen LogP contribution is -2.28. The molecule has 0 aromatic heterocycles. The zero-order valence-corrected chi connectivity index (χ0v) is 11.4. The van der Waals surface area contributed by atoms with Crippen LogP contribution < -0.4 is 10.2 Å². The molecule has 0 aliphatic heterocycles. The van der Waals surface area contributed by atoms with Crippen LogP contribution in [-0.4, -0.2) is 19.1 Å². The second kappa shape index (κ2) is 7.01. The van der Waals surface area contributed by atoms with Gasteiger partial charge in [-0.2, -0.15) is 0 Å². The molecular weight excluding hydrogens is 230 g/mol. The molecule has 4 nitrogen and oxygen atoms in total. The fourth-order valence-corrected chi connectivity index (χ4v) is 1.72. The number of ether oxygens (including phenoxy) is 1. The van der Waals surface area contributed by atoms with Crippen molar-refractivity contribution in [1.82, 2.24) is 5.48 Å². The molecule has 0 heterocycles. The first-order valence-corrected chi connectivity index (χ1v) is 6.18. The van der Waals surface area contributed by atoms with Crippen LogP contribution in [0, 0.1) is 6.92 Å². The molecule has 0 saturated heterocycles. The Kier molecular flexibility index (Phi) is 5.65. The van der Waals surface area contributed by atoms with Crippen molar-refractivity contribution >= 4 is 5.91 Å². The maximum absolute atomic E-state index is 11.3. The highest BCUT2D eigenvalue weighted by Crippen LogP contribution is 2.23. The van der Waals surface area contributed by atoms with E-state index in [1.54, 1.807) is 6.92 Å². The third-order valence-corrected chi connectivity index (χ3v) is 2.56. The zero-order valence-electron chi connectivity index (χ0n) is 11.4. The number of carbonyl (C=O) groups is 1. The summed E-state index contributed by atoms with van der Waals surface area (Å²) in [6.45, 7) is 8.54. The summed E-state index contributed by atoms with van der Waals surface area (Å²) in [6, 6.07) is 5.87. The Morgan fingerprint density at radius 3 is 2.67 bits per heavy atom. The highest BCUT2D eigenvalue weighted by Gasteiger charge is 2.06. The monoisotopic (exact) mass is 251 g/mol. The number of amides is 1. The molecule has 1 amide bonds.